The van der Waals surface area contributed by atoms with Crippen LogP contribution in [0.25, 0.3) is 22.2 Å². The molecule has 0 amide bonds. The molecule has 0 aliphatic heterocycles. The van der Waals surface area contributed by atoms with Crippen molar-refractivity contribution in [3.63, 3.8) is 0 Å². The predicted octanol–water partition coefficient (Wildman–Crippen LogP) is 3.52. The van der Waals surface area contributed by atoms with Crippen molar-refractivity contribution in [1.29, 1.82) is 0 Å². The Labute approximate surface area is 165 Å². The van der Waals surface area contributed by atoms with Crippen molar-refractivity contribution in [3.8, 4) is 11.3 Å². The Hall–Kier alpha value is -1.98. The van der Waals surface area contributed by atoms with Gasteiger partial charge >= 0.3 is 143 Å². The van der Waals surface area contributed by atoms with Gasteiger partial charge in [0.25, 0.3) is 5.97 Å². The summed E-state index contributed by atoms with van der Waals surface area (Å²) in [5, 5.41) is 18.3. The van der Waals surface area contributed by atoms with E-state index in [2.05, 4.69) is 4.98 Å². The molecule has 0 radical (unpaired) electrons. The SMILES string of the molecule is CC(=O)O.O=C(O)c1[c]([Hg])c(-c2ccccc2Cl)nc2ccccc12. The summed E-state index contributed by atoms with van der Waals surface area (Å²) in [4.78, 5) is 25.3. The topological polar surface area (TPSA) is 87.5 Å². The molecule has 1 heterocycles. The number of benzene rings is 2. The van der Waals surface area contributed by atoms with Gasteiger partial charge in [0.05, 0.1) is 0 Å². The Bertz CT molecular complexity index is 955. The molecule has 0 saturated heterocycles. The molecule has 0 aliphatic rings. The molecule has 2 N–H and O–H groups in total. The number of carbonyl (C=O) groups is 2. The first-order valence-electron chi connectivity index (χ1n) is 7.25. The molecule has 2 aromatic carbocycles. The average molecular weight is 543 g/mol. The molecule has 0 fully saturated rings. The standard InChI is InChI=1S/C16H9ClNO2.C2H4O2.Hg/c17-13-7-3-1-6-11(13)15-9-12(16(19)20)10-5-2-4-8-14(10)18-15;1-2(3)4;/h1-8H,(H,19,20);1H3,(H,3,4);. The van der Waals surface area contributed by atoms with Crippen molar-refractivity contribution >= 4 is 37.5 Å². The quantitative estimate of drug-likeness (QED) is 0.484. The molecule has 5 nitrogen and oxygen atoms in total. The molecular formula is C18H13ClHgNO4. The summed E-state index contributed by atoms with van der Waals surface area (Å²) in [5.41, 5.74) is 2.52. The Morgan fingerprint density at radius 2 is 1.60 bits per heavy atom. The summed E-state index contributed by atoms with van der Waals surface area (Å²) >= 11 is 6.35. The zero-order valence-electron chi connectivity index (χ0n) is 13.4. The van der Waals surface area contributed by atoms with Crippen LogP contribution in [-0.2, 0) is 30.9 Å². The Morgan fingerprint density at radius 1 is 1.04 bits per heavy atom. The molecule has 0 saturated carbocycles. The molecule has 25 heavy (non-hydrogen) atoms. The number of fused-ring (bicyclic) bond motifs is 1. The van der Waals surface area contributed by atoms with Gasteiger partial charge in [-0.2, -0.15) is 0 Å². The third kappa shape index (κ3) is 4.55. The number of para-hydroxylation sites is 1. The fourth-order valence-electron chi connectivity index (χ4n) is 2.37. The zero-order valence-corrected chi connectivity index (χ0v) is 19.6. The van der Waals surface area contributed by atoms with Gasteiger partial charge in [0.1, 0.15) is 0 Å². The molecule has 7 heteroatoms. The number of pyridine rings is 1. The summed E-state index contributed by atoms with van der Waals surface area (Å²) in [6, 6.07) is 14.7. The van der Waals surface area contributed by atoms with E-state index in [0.717, 1.165) is 15.6 Å². The summed E-state index contributed by atoms with van der Waals surface area (Å²) in [7, 11) is 0. The molecule has 0 unspecified atom stereocenters. The maximum atomic E-state index is 11.7. The van der Waals surface area contributed by atoms with Crippen LogP contribution in [0.2, 0.25) is 5.02 Å². The minimum absolute atomic E-state index is 0.0995. The van der Waals surface area contributed by atoms with E-state index < -0.39 is 11.9 Å². The van der Waals surface area contributed by atoms with E-state index in [1.54, 1.807) is 12.1 Å². The number of aliphatic carboxylic acids is 1. The number of rotatable bonds is 2. The van der Waals surface area contributed by atoms with Gasteiger partial charge in [-0.1, -0.05) is 0 Å². The van der Waals surface area contributed by atoms with Crippen molar-refractivity contribution in [2.24, 2.45) is 0 Å². The van der Waals surface area contributed by atoms with E-state index in [1.165, 1.54) is 0 Å². The first-order chi connectivity index (χ1) is 11.8. The fraction of sp³-hybridized carbons (Fsp3) is 0.0556. The van der Waals surface area contributed by atoms with Crippen LogP contribution >= 0.6 is 11.6 Å². The molecular weight excluding hydrogens is 530 g/mol. The first-order valence-corrected chi connectivity index (χ1v) is 10.4. The molecule has 0 spiro atoms. The minimum atomic E-state index is -0.910. The van der Waals surface area contributed by atoms with Crippen LogP contribution in [0.15, 0.2) is 48.5 Å². The summed E-state index contributed by atoms with van der Waals surface area (Å²) in [6.45, 7) is 1.08. The Balaban J connectivity index is 0.000000511. The summed E-state index contributed by atoms with van der Waals surface area (Å²) in [5.74, 6) is -1.74. The fourth-order valence-corrected chi connectivity index (χ4v) is 4.97. The molecule has 0 aliphatic carbocycles. The van der Waals surface area contributed by atoms with Gasteiger partial charge in [0.15, 0.2) is 0 Å². The summed E-state index contributed by atoms with van der Waals surface area (Å²) in [6.07, 6.45) is 0. The van der Waals surface area contributed by atoms with Crippen molar-refractivity contribution in [3.05, 3.63) is 59.1 Å². The number of aromatic nitrogens is 1. The van der Waals surface area contributed by atoms with E-state index in [-0.39, 0.29) is 26.1 Å². The van der Waals surface area contributed by atoms with Crippen molar-refractivity contribution in [2.45, 2.75) is 6.92 Å². The predicted molar refractivity (Wildman–Crippen MR) is 92.1 cm³/mol. The number of aromatic carboxylic acids is 1. The second-order valence-electron chi connectivity index (χ2n) is 5.14. The van der Waals surface area contributed by atoms with Gasteiger partial charge in [-0.05, 0) is 0 Å². The molecule has 0 atom stereocenters. The number of hydrogen-bond donors (Lipinski definition) is 2. The molecule has 0 bridgehead atoms. The van der Waals surface area contributed by atoms with Gasteiger partial charge in [0.2, 0.25) is 0 Å². The normalized spacial score (nSPS) is 10.1. The van der Waals surface area contributed by atoms with E-state index in [4.69, 9.17) is 21.5 Å². The summed E-state index contributed by atoms with van der Waals surface area (Å²) < 4.78 is 0.814. The van der Waals surface area contributed by atoms with Crippen LogP contribution in [0.4, 0.5) is 0 Å². The molecule has 1 aromatic heterocycles. The van der Waals surface area contributed by atoms with Crippen LogP contribution in [0, 0.1) is 0 Å². The third-order valence-electron chi connectivity index (χ3n) is 3.34. The number of nitrogens with zero attached hydrogens (tertiary/aromatic N) is 1. The Kier molecular flexibility index (Phi) is 6.50. The molecule has 123 valence electrons. The van der Waals surface area contributed by atoms with Crippen LogP contribution in [0.3, 0.4) is 0 Å². The van der Waals surface area contributed by atoms with Crippen molar-refractivity contribution in [2.75, 3.05) is 0 Å². The van der Waals surface area contributed by atoms with Gasteiger partial charge in [-0.15, -0.1) is 0 Å². The molecule has 3 rings (SSSR count). The van der Waals surface area contributed by atoms with Gasteiger partial charge in [-0.3, -0.25) is 4.79 Å². The number of carboxylic acids is 2. The second kappa shape index (κ2) is 8.40. The van der Waals surface area contributed by atoms with Crippen LogP contribution < -0.4 is 3.07 Å². The zero-order chi connectivity index (χ0) is 18.6. The van der Waals surface area contributed by atoms with Crippen molar-refractivity contribution in [1.82, 2.24) is 4.98 Å². The monoisotopic (exact) mass is 544 g/mol. The van der Waals surface area contributed by atoms with E-state index in [0.29, 0.717) is 27.2 Å². The number of carboxylic acid groups (broad SMARTS) is 2. The molecule has 3 aromatic rings. The first kappa shape index (κ1) is 19.3. The van der Waals surface area contributed by atoms with E-state index in [9.17, 15) is 9.90 Å². The van der Waals surface area contributed by atoms with Crippen LogP contribution in [-0.4, -0.2) is 27.1 Å². The van der Waals surface area contributed by atoms with E-state index >= 15 is 0 Å². The Morgan fingerprint density at radius 3 is 2.20 bits per heavy atom. The van der Waals surface area contributed by atoms with Gasteiger partial charge < -0.3 is 5.11 Å². The van der Waals surface area contributed by atoms with Crippen LogP contribution in [0.5, 0.6) is 0 Å². The number of halogens is 1. The van der Waals surface area contributed by atoms with Crippen LogP contribution in [0.1, 0.15) is 17.3 Å². The third-order valence-corrected chi connectivity index (χ3v) is 6.34. The van der Waals surface area contributed by atoms with Gasteiger partial charge in [0, 0.05) is 6.92 Å². The number of hydrogen-bond acceptors (Lipinski definition) is 3. The second-order valence-corrected chi connectivity index (χ2v) is 8.29. The van der Waals surface area contributed by atoms with Crippen molar-refractivity contribution < 1.29 is 45.9 Å². The maximum absolute atomic E-state index is 11.7. The van der Waals surface area contributed by atoms with Gasteiger partial charge in [-0.25, -0.2) is 0 Å². The van der Waals surface area contributed by atoms with E-state index in [1.807, 2.05) is 36.4 Å². The average Bonchev–Trinajstić information content (AvgIpc) is 2.54.